The summed E-state index contributed by atoms with van der Waals surface area (Å²) >= 11 is 5.93. The molecule has 9 nitrogen and oxygen atoms in total. The first-order chi connectivity index (χ1) is 19.7. The van der Waals surface area contributed by atoms with E-state index in [1.807, 2.05) is 24.3 Å². The molecule has 1 amide bonds. The molecule has 0 aliphatic heterocycles. The molecular weight excluding hydrogens is 551 g/mol. The van der Waals surface area contributed by atoms with Crippen LogP contribution in [0, 0.1) is 22.9 Å². The lowest BCUT2D eigenvalue weighted by Gasteiger charge is -2.17. The van der Waals surface area contributed by atoms with Gasteiger partial charge in [-0.1, -0.05) is 53.2 Å². The Bertz CT molecular complexity index is 1740. The first kappa shape index (κ1) is 27.5. The van der Waals surface area contributed by atoms with Crippen LogP contribution >= 0.6 is 11.6 Å². The van der Waals surface area contributed by atoms with E-state index < -0.39 is 22.7 Å². The average molecular weight is 573 g/mol. The van der Waals surface area contributed by atoms with E-state index in [1.54, 1.807) is 37.3 Å². The molecule has 1 unspecified atom stereocenters. The van der Waals surface area contributed by atoms with Crippen LogP contribution in [-0.2, 0) is 6.42 Å². The number of carbonyl (C=O) groups is 1. The molecule has 206 valence electrons. The molecular formula is C30H22ClFN4O5. The maximum absolute atomic E-state index is 13.6. The third kappa shape index (κ3) is 6.23. The number of aryl methyl sites for hydroxylation is 1. The lowest BCUT2D eigenvalue weighted by molar-refractivity contribution is -0.384. The van der Waals surface area contributed by atoms with Crippen LogP contribution in [0.1, 0.15) is 33.7 Å². The second-order valence-electron chi connectivity index (χ2n) is 9.27. The first-order valence-electron chi connectivity index (χ1n) is 12.4. The second kappa shape index (κ2) is 11.6. The number of non-ortho nitro benzene ring substituents is 1. The molecule has 5 rings (SSSR count). The topological polar surface area (TPSA) is 131 Å². The van der Waals surface area contributed by atoms with Gasteiger partial charge in [0.25, 0.3) is 11.6 Å². The second-order valence-corrected chi connectivity index (χ2v) is 9.68. The van der Waals surface area contributed by atoms with Gasteiger partial charge in [0.2, 0.25) is 5.89 Å². The number of hydrogen-bond acceptors (Lipinski definition) is 7. The minimum atomic E-state index is -0.725. The van der Waals surface area contributed by atoms with Crippen molar-refractivity contribution >= 4 is 23.2 Å². The summed E-state index contributed by atoms with van der Waals surface area (Å²) in [7, 11) is 0. The lowest BCUT2D eigenvalue weighted by atomic mass is 9.99. The average Bonchev–Trinajstić information content (AvgIpc) is 3.41. The number of halogens is 2. The van der Waals surface area contributed by atoms with E-state index in [0.29, 0.717) is 23.4 Å². The van der Waals surface area contributed by atoms with Crippen molar-refractivity contribution in [1.82, 2.24) is 15.5 Å². The number of aromatic nitrogens is 2. The van der Waals surface area contributed by atoms with Gasteiger partial charge in [0.05, 0.1) is 15.5 Å². The standard InChI is InChI=1S/C30H22ClFN4O5/c1-17-33-30(41-35-17)27(14-18-2-4-19(5-3-18)22-8-12-26(32)25(31)16-22)34-29(38)24-15-21(9-13-28(24)37)20-6-10-23(11-7-20)36(39)40/h2-13,15-16,27,37H,14H2,1H3,(H,34,38). The molecule has 0 aliphatic rings. The summed E-state index contributed by atoms with van der Waals surface area (Å²) in [6.07, 6.45) is 0.292. The molecule has 1 heterocycles. The first-order valence-corrected chi connectivity index (χ1v) is 12.8. The molecule has 0 saturated heterocycles. The number of amides is 1. The van der Waals surface area contributed by atoms with E-state index in [0.717, 1.165) is 16.7 Å². The van der Waals surface area contributed by atoms with Crippen LogP contribution in [0.4, 0.5) is 10.1 Å². The molecule has 11 heteroatoms. The zero-order valence-corrected chi connectivity index (χ0v) is 22.3. The van der Waals surface area contributed by atoms with Crippen molar-refractivity contribution in [2.24, 2.45) is 0 Å². The van der Waals surface area contributed by atoms with Gasteiger partial charge in [0.1, 0.15) is 17.6 Å². The van der Waals surface area contributed by atoms with Crippen molar-refractivity contribution in [3.63, 3.8) is 0 Å². The highest BCUT2D eigenvalue weighted by Crippen LogP contribution is 2.29. The van der Waals surface area contributed by atoms with Crippen LogP contribution in [0.3, 0.4) is 0 Å². The maximum atomic E-state index is 13.6. The van der Waals surface area contributed by atoms with Crippen molar-refractivity contribution in [2.75, 3.05) is 0 Å². The van der Waals surface area contributed by atoms with E-state index in [4.69, 9.17) is 16.1 Å². The number of nitrogens with one attached hydrogen (secondary N) is 1. The normalized spacial score (nSPS) is 11.7. The highest BCUT2D eigenvalue weighted by atomic mass is 35.5. The van der Waals surface area contributed by atoms with E-state index in [9.17, 15) is 24.4 Å². The van der Waals surface area contributed by atoms with Crippen LogP contribution < -0.4 is 5.32 Å². The Morgan fingerprint density at radius 1 is 1.00 bits per heavy atom. The van der Waals surface area contributed by atoms with Crippen LogP contribution in [0.2, 0.25) is 5.02 Å². The number of phenols is 1. The molecule has 2 N–H and O–H groups in total. The van der Waals surface area contributed by atoms with Crippen molar-refractivity contribution in [1.29, 1.82) is 0 Å². The van der Waals surface area contributed by atoms with Crippen LogP contribution in [0.25, 0.3) is 22.3 Å². The Labute approximate surface area is 238 Å². The van der Waals surface area contributed by atoms with E-state index in [1.165, 1.54) is 30.3 Å². The van der Waals surface area contributed by atoms with Crippen LogP contribution in [-0.4, -0.2) is 26.1 Å². The zero-order chi connectivity index (χ0) is 29.1. The number of aromatic hydroxyl groups is 1. The van der Waals surface area contributed by atoms with E-state index >= 15 is 0 Å². The van der Waals surface area contributed by atoms with E-state index in [-0.39, 0.29) is 27.9 Å². The van der Waals surface area contributed by atoms with Crippen molar-refractivity contribution in [2.45, 2.75) is 19.4 Å². The Morgan fingerprint density at radius 2 is 1.61 bits per heavy atom. The predicted molar refractivity (Wildman–Crippen MR) is 150 cm³/mol. The van der Waals surface area contributed by atoms with Crippen molar-refractivity contribution in [3.8, 4) is 28.0 Å². The smallest absolute Gasteiger partial charge is 0.269 e. The fourth-order valence-electron chi connectivity index (χ4n) is 4.31. The van der Waals surface area contributed by atoms with Gasteiger partial charge < -0.3 is 14.9 Å². The summed E-state index contributed by atoms with van der Waals surface area (Å²) in [5, 5.41) is 28.2. The van der Waals surface area contributed by atoms with Gasteiger partial charge >= 0.3 is 0 Å². The minimum absolute atomic E-state index is 0.00521. The summed E-state index contributed by atoms with van der Waals surface area (Å²) in [6.45, 7) is 1.66. The quantitative estimate of drug-likeness (QED) is 0.154. The molecule has 41 heavy (non-hydrogen) atoms. The van der Waals surface area contributed by atoms with E-state index in [2.05, 4.69) is 15.5 Å². The van der Waals surface area contributed by atoms with Crippen molar-refractivity contribution < 1.29 is 23.7 Å². The number of nitro benzene ring substituents is 1. The number of hydrogen-bond donors (Lipinski definition) is 2. The molecule has 0 radical (unpaired) electrons. The molecule has 0 saturated carbocycles. The van der Waals surface area contributed by atoms with Gasteiger partial charge in [-0.15, -0.1) is 0 Å². The summed E-state index contributed by atoms with van der Waals surface area (Å²) in [4.78, 5) is 28.1. The SMILES string of the molecule is Cc1noc(C(Cc2ccc(-c3ccc(F)c(Cl)c3)cc2)NC(=O)c2cc(-c3ccc([N+](=O)[O-])cc3)ccc2O)n1. The summed E-state index contributed by atoms with van der Waals surface area (Å²) < 4.78 is 18.9. The van der Waals surface area contributed by atoms with Crippen molar-refractivity contribution in [3.05, 3.63) is 129 Å². The Balaban J connectivity index is 1.38. The highest BCUT2D eigenvalue weighted by Gasteiger charge is 2.24. The number of phenolic OH excluding ortho intramolecular Hbond substituents is 1. The molecule has 1 atom stereocenters. The monoisotopic (exact) mass is 572 g/mol. The summed E-state index contributed by atoms with van der Waals surface area (Å²) in [5.41, 5.74) is 3.60. The fourth-order valence-corrected chi connectivity index (χ4v) is 4.49. The van der Waals surface area contributed by atoms with Gasteiger partial charge in [0.15, 0.2) is 5.82 Å². The molecule has 0 fully saturated rings. The van der Waals surface area contributed by atoms with Gasteiger partial charge in [0, 0.05) is 18.6 Å². The van der Waals surface area contributed by atoms with Gasteiger partial charge in [-0.05, 0) is 71.1 Å². The lowest BCUT2D eigenvalue weighted by Crippen LogP contribution is -2.30. The third-order valence-electron chi connectivity index (χ3n) is 6.45. The Kier molecular flexibility index (Phi) is 7.75. The van der Waals surface area contributed by atoms with Crippen LogP contribution in [0.5, 0.6) is 5.75 Å². The summed E-state index contributed by atoms with van der Waals surface area (Å²) in [6, 6.07) is 21.6. The van der Waals surface area contributed by atoms with Gasteiger partial charge in [-0.2, -0.15) is 4.98 Å². The number of rotatable bonds is 8. The zero-order valence-electron chi connectivity index (χ0n) is 21.5. The van der Waals surface area contributed by atoms with Gasteiger partial charge in [-0.3, -0.25) is 14.9 Å². The number of nitrogens with zero attached hydrogens (tertiary/aromatic N) is 3. The Hall–Kier alpha value is -5.09. The van der Waals surface area contributed by atoms with Crippen LogP contribution in [0.15, 0.2) is 89.5 Å². The highest BCUT2D eigenvalue weighted by molar-refractivity contribution is 6.31. The summed E-state index contributed by atoms with van der Waals surface area (Å²) in [5.74, 6) is -0.729. The molecule has 0 spiro atoms. The number of nitro groups is 1. The molecule has 5 aromatic rings. The molecule has 0 bridgehead atoms. The number of benzene rings is 4. The molecule has 1 aromatic heterocycles. The number of carbonyl (C=O) groups excluding carboxylic acids is 1. The third-order valence-corrected chi connectivity index (χ3v) is 6.74. The Morgan fingerprint density at radius 3 is 2.22 bits per heavy atom. The fraction of sp³-hybridized carbons (Fsp3) is 0.100. The maximum Gasteiger partial charge on any atom is 0.269 e. The predicted octanol–water partition coefficient (Wildman–Crippen LogP) is 6.83. The van der Waals surface area contributed by atoms with Gasteiger partial charge in [-0.25, -0.2) is 4.39 Å². The molecule has 4 aromatic carbocycles. The largest absolute Gasteiger partial charge is 0.507 e. The molecule has 0 aliphatic carbocycles. The minimum Gasteiger partial charge on any atom is -0.507 e.